The standard InChI is InChI=1S/C12H12N2O3/c15-7-3-4-9-8(6-7)12(17)14-5-1-2-10(14)11(16)13-9/h3-4,6,10,15H,1-2,5H2,(H,13,16). The molecule has 0 spiro atoms. The molecule has 2 amide bonds. The molecule has 1 saturated heterocycles. The normalized spacial score (nSPS) is 22.8. The molecule has 1 unspecified atom stereocenters. The Morgan fingerprint density at radius 3 is 3.00 bits per heavy atom. The Kier molecular flexibility index (Phi) is 2.07. The number of benzene rings is 1. The van der Waals surface area contributed by atoms with Crippen LogP contribution in [0.4, 0.5) is 5.69 Å². The number of phenolic OH excluding ortho intramolecular Hbond substituents is 1. The van der Waals surface area contributed by atoms with Gasteiger partial charge in [0, 0.05) is 6.54 Å². The van der Waals surface area contributed by atoms with Crippen LogP contribution < -0.4 is 5.32 Å². The first-order chi connectivity index (χ1) is 8.16. The summed E-state index contributed by atoms with van der Waals surface area (Å²) in [6, 6.07) is 4.06. The number of hydrogen-bond donors (Lipinski definition) is 2. The summed E-state index contributed by atoms with van der Waals surface area (Å²) >= 11 is 0. The van der Waals surface area contributed by atoms with E-state index in [0.29, 0.717) is 24.2 Å². The van der Waals surface area contributed by atoms with Crippen LogP contribution in [-0.2, 0) is 4.79 Å². The van der Waals surface area contributed by atoms with Crippen molar-refractivity contribution < 1.29 is 14.7 Å². The van der Waals surface area contributed by atoms with Crippen LogP contribution in [0.5, 0.6) is 5.75 Å². The molecule has 0 bridgehead atoms. The Labute approximate surface area is 98.0 Å². The van der Waals surface area contributed by atoms with E-state index < -0.39 is 0 Å². The zero-order valence-corrected chi connectivity index (χ0v) is 9.14. The van der Waals surface area contributed by atoms with Crippen LogP contribution in [0, 0.1) is 0 Å². The van der Waals surface area contributed by atoms with Crippen LogP contribution in [-0.4, -0.2) is 34.4 Å². The first-order valence-corrected chi connectivity index (χ1v) is 5.61. The van der Waals surface area contributed by atoms with Crippen LogP contribution in [0.15, 0.2) is 18.2 Å². The van der Waals surface area contributed by atoms with E-state index in [4.69, 9.17) is 0 Å². The molecule has 5 heteroatoms. The Balaban J connectivity index is 2.12. The molecule has 2 aliphatic heterocycles. The fourth-order valence-electron chi connectivity index (χ4n) is 2.47. The minimum Gasteiger partial charge on any atom is -0.508 e. The molecule has 0 aromatic heterocycles. The maximum absolute atomic E-state index is 12.2. The van der Waals surface area contributed by atoms with Crippen molar-refractivity contribution in [3.8, 4) is 5.75 Å². The average Bonchev–Trinajstić information content (AvgIpc) is 2.76. The first kappa shape index (κ1) is 10.1. The lowest BCUT2D eigenvalue weighted by molar-refractivity contribution is -0.119. The summed E-state index contributed by atoms with van der Waals surface area (Å²) in [5.41, 5.74) is 0.843. The fraction of sp³-hybridized carbons (Fsp3) is 0.333. The van der Waals surface area contributed by atoms with Crippen molar-refractivity contribution in [2.24, 2.45) is 0 Å². The predicted molar refractivity (Wildman–Crippen MR) is 60.8 cm³/mol. The van der Waals surface area contributed by atoms with E-state index in [2.05, 4.69) is 5.32 Å². The lowest BCUT2D eigenvalue weighted by atomic mass is 10.1. The van der Waals surface area contributed by atoms with Crippen LogP contribution in [0.3, 0.4) is 0 Å². The van der Waals surface area contributed by atoms with Crippen molar-refractivity contribution in [2.75, 3.05) is 11.9 Å². The summed E-state index contributed by atoms with van der Waals surface area (Å²) in [6.45, 7) is 0.603. The molecule has 1 atom stereocenters. The van der Waals surface area contributed by atoms with Gasteiger partial charge in [0.1, 0.15) is 11.8 Å². The number of fused-ring (bicyclic) bond motifs is 2. The molecule has 1 aromatic rings. The molecular formula is C12H12N2O3. The van der Waals surface area contributed by atoms with Crippen LogP contribution in [0.1, 0.15) is 23.2 Å². The number of nitrogens with zero attached hydrogens (tertiary/aromatic N) is 1. The van der Waals surface area contributed by atoms with Gasteiger partial charge in [-0.05, 0) is 31.0 Å². The summed E-state index contributed by atoms with van der Waals surface area (Å²) in [5.74, 6) is -0.291. The van der Waals surface area contributed by atoms with Gasteiger partial charge < -0.3 is 15.3 Å². The number of nitrogens with one attached hydrogen (secondary N) is 1. The highest BCUT2D eigenvalue weighted by Gasteiger charge is 2.38. The lowest BCUT2D eigenvalue weighted by Gasteiger charge is -2.19. The number of anilines is 1. The minimum absolute atomic E-state index is 0.0315. The van der Waals surface area contributed by atoms with E-state index >= 15 is 0 Å². The fourth-order valence-corrected chi connectivity index (χ4v) is 2.47. The van der Waals surface area contributed by atoms with Crippen molar-refractivity contribution in [2.45, 2.75) is 18.9 Å². The zero-order valence-electron chi connectivity index (χ0n) is 9.14. The van der Waals surface area contributed by atoms with Crippen molar-refractivity contribution in [3.63, 3.8) is 0 Å². The Morgan fingerprint density at radius 2 is 2.18 bits per heavy atom. The van der Waals surface area contributed by atoms with Gasteiger partial charge >= 0.3 is 0 Å². The van der Waals surface area contributed by atoms with Gasteiger partial charge in [-0.15, -0.1) is 0 Å². The van der Waals surface area contributed by atoms with Crippen molar-refractivity contribution in [3.05, 3.63) is 23.8 Å². The van der Waals surface area contributed by atoms with Gasteiger partial charge in [0.15, 0.2) is 0 Å². The quantitative estimate of drug-likeness (QED) is 0.654. The van der Waals surface area contributed by atoms with E-state index in [-0.39, 0.29) is 23.6 Å². The Bertz CT molecular complexity index is 512. The molecule has 17 heavy (non-hydrogen) atoms. The van der Waals surface area contributed by atoms with E-state index in [9.17, 15) is 14.7 Å². The minimum atomic E-state index is -0.364. The first-order valence-electron chi connectivity index (χ1n) is 5.61. The van der Waals surface area contributed by atoms with Gasteiger partial charge in [-0.2, -0.15) is 0 Å². The van der Waals surface area contributed by atoms with Crippen LogP contribution >= 0.6 is 0 Å². The molecule has 0 saturated carbocycles. The molecule has 0 aliphatic carbocycles. The van der Waals surface area contributed by atoms with E-state index in [0.717, 1.165) is 6.42 Å². The van der Waals surface area contributed by atoms with Crippen molar-refractivity contribution >= 4 is 17.5 Å². The Hall–Kier alpha value is -2.04. The number of aromatic hydroxyl groups is 1. The maximum Gasteiger partial charge on any atom is 0.256 e. The maximum atomic E-state index is 12.2. The molecule has 88 valence electrons. The number of carbonyl (C=O) groups is 2. The second-order valence-electron chi connectivity index (χ2n) is 4.38. The molecule has 2 heterocycles. The third kappa shape index (κ3) is 1.46. The number of rotatable bonds is 0. The third-order valence-corrected chi connectivity index (χ3v) is 3.31. The van der Waals surface area contributed by atoms with Gasteiger partial charge in [-0.25, -0.2) is 0 Å². The molecule has 2 N–H and O–H groups in total. The Morgan fingerprint density at radius 1 is 1.35 bits per heavy atom. The van der Waals surface area contributed by atoms with Crippen molar-refractivity contribution in [1.29, 1.82) is 0 Å². The SMILES string of the molecule is O=C1Nc2ccc(O)cc2C(=O)N2CCCC12. The molecule has 2 aliphatic rings. The summed E-state index contributed by atoms with van der Waals surface area (Å²) < 4.78 is 0. The second-order valence-corrected chi connectivity index (χ2v) is 4.38. The number of carbonyl (C=O) groups excluding carboxylic acids is 2. The topological polar surface area (TPSA) is 69.6 Å². The molecule has 3 rings (SSSR count). The van der Waals surface area contributed by atoms with Crippen molar-refractivity contribution in [1.82, 2.24) is 4.90 Å². The zero-order chi connectivity index (χ0) is 12.0. The van der Waals surface area contributed by atoms with Gasteiger partial charge in [-0.1, -0.05) is 0 Å². The monoisotopic (exact) mass is 232 g/mol. The summed E-state index contributed by atoms with van der Waals surface area (Å²) in [5, 5.41) is 12.2. The number of phenols is 1. The van der Waals surface area contributed by atoms with Gasteiger partial charge in [0.25, 0.3) is 5.91 Å². The highest BCUT2D eigenvalue weighted by molar-refractivity contribution is 6.10. The molecular weight excluding hydrogens is 220 g/mol. The second kappa shape index (κ2) is 3.48. The molecule has 5 nitrogen and oxygen atoms in total. The predicted octanol–water partition coefficient (Wildman–Crippen LogP) is 0.949. The summed E-state index contributed by atoms with van der Waals surface area (Å²) in [6.07, 6.45) is 1.55. The van der Waals surface area contributed by atoms with E-state index in [1.807, 2.05) is 0 Å². The number of amides is 2. The average molecular weight is 232 g/mol. The van der Waals surface area contributed by atoms with Gasteiger partial charge in [0.2, 0.25) is 5.91 Å². The van der Waals surface area contributed by atoms with E-state index in [1.165, 1.54) is 12.1 Å². The largest absolute Gasteiger partial charge is 0.508 e. The van der Waals surface area contributed by atoms with E-state index in [1.54, 1.807) is 11.0 Å². The highest BCUT2D eigenvalue weighted by Crippen LogP contribution is 2.30. The van der Waals surface area contributed by atoms with Crippen LogP contribution in [0.25, 0.3) is 0 Å². The van der Waals surface area contributed by atoms with Crippen LogP contribution in [0.2, 0.25) is 0 Å². The molecule has 0 radical (unpaired) electrons. The lowest BCUT2D eigenvalue weighted by Crippen LogP contribution is -2.40. The van der Waals surface area contributed by atoms with Gasteiger partial charge in [-0.3, -0.25) is 9.59 Å². The molecule has 1 fully saturated rings. The highest BCUT2D eigenvalue weighted by atomic mass is 16.3. The molecule has 1 aromatic carbocycles. The smallest absolute Gasteiger partial charge is 0.256 e. The third-order valence-electron chi connectivity index (χ3n) is 3.31. The number of hydrogen-bond acceptors (Lipinski definition) is 3. The summed E-state index contributed by atoms with van der Waals surface area (Å²) in [4.78, 5) is 25.7. The van der Waals surface area contributed by atoms with Gasteiger partial charge in [0.05, 0.1) is 11.3 Å². The summed E-state index contributed by atoms with van der Waals surface area (Å²) in [7, 11) is 0.